The van der Waals surface area contributed by atoms with E-state index in [1.807, 2.05) is 0 Å². The van der Waals surface area contributed by atoms with E-state index in [1.54, 1.807) is 0 Å². The molecule has 6 nitrogen and oxygen atoms in total. The fourth-order valence-corrected chi connectivity index (χ4v) is 10.1. The summed E-state index contributed by atoms with van der Waals surface area (Å²) in [4.78, 5) is 24.6. The molecule has 0 rings (SSSR count). The van der Waals surface area contributed by atoms with E-state index in [-0.39, 0.29) is 18.5 Å². The molecule has 0 aromatic heterocycles. The topological polar surface area (TPSA) is 95.9 Å². The van der Waals surface area contributed by atoms with E-state index in [1.165, 1.54) is 289 Å². The smallest absolute Gasteiger partial charge is 0.305 e. The fraction of sp³-hybridized carbons (Fsp3) is 0.968. The molecule has 68 heavy (non-hydrogen) atoms. The molecule has 0 aromatic carbocycles. The molecule has 0 aromatic rings. The van der Waals surface area contributed by atoms with Crippen molar-refractivity contribution in [2.45, 2.75) is 373 Å². The lowest BCUT2D eigenvalue weighted by molar-refractivity contribution is -0.143. The Morgan fingerprint density at radius 1 is 0.353 bits per heavy atom. The third-order valence-corrected chi connectivity index (χ3v) is 14.9. The van der Waals surface area contributed by atoms with Crippen LogP contribution in [0.2, 0.25) is 0 Å². The highest BCUT2D eigenvalue weighted by Gasteiger charge is 2.20. The second-order valence-electron chi connectivity index (χ2n) is 21.8. The molecule has 0 heterocycles. The lowest BCUT2D eigenvalue weighted by atomic mass is 10.0. The van der Waals surface area contributed by atoms with E-state index in [4.69, 9.17) is 4.74 Å². The van der Waals surface area contributed by atoms with Crippen LogP contribution in [-0.2, 0) is 14.3 Å². The second-order valence-corrected chi connectivity index (χ2v) is 21.8. The number of amides is 1. The Morgan fingerprint density at radius 2 is 0.603 bits per heavy atom. The molecule has 0 bridgehead atoms. The lowest BCUT2D eigenvalue weighted by Gasteiger charge is -2.22. The first-order chi connectivity index (χ1) is 33.5. The number of hydrogen-bond acceptors (Lipinski definition) is 5. The predicted octanol–water partition coefficient (Wildman–Crippen LogP) is 19.5. The number of hydrogen-bond donors (Lipinski definition) is 3. The quantitative estimate of drug-likeness (QED) is 0.0417. The van der Waals surface area contributed by atoms with Gasteiger partial charge in [0.2, 0.25) is 5.91 Å². The third-order valence-electron chi connectivity index (χ3n) is 14.9. The zero-order valence-corrected chi connectivity index (χ0v) is 46.4. The molecule has 2 atom stereocenters. The highest BCUT2D eigenvalue weighted by atomic mass is 16.5. The van der Waals surface area contributed by atoms with Gasteiger partial charge in [0.25, 0.3) is 0 Å². The summed E-state index contributed by atoms with van der Waals surface area (Å²) in [6, 6.07) is -0.542. The number of aliphatic hydroxyl groups is 2. The van der Waals surface area contributed by atoms with Crippen molar-refractivity contribution in [3.8, 4) is 0 Å². The molecule has 0 saturated carbocycles. The van der Waals surface area contributed by atoms with Crippen molar-refractivity contribution in [3.05, 3.63) is 0 Å². The highest BCUT2D eigenvalue weighted by molar-refractivity contribution is 5.76. The largest absolute Gasteiger partial charge is 0.466 e. The summed E-state index contributed by atoms with van der Waals surface area (Å²) in [6.45, 7) is 4.98. The lowest BCUT2D eigenvalue weighted by Crippen LogP contribution is -2.45. The maximum atomic E-state index is 12.5. The number of unbranched alkanes of at least 4 members (excludes halogenated alkanes) is 48. The van der Waals surface area contributed by atoms with Gasteiger partial charge < -0.3 is 20.3 Å². The number of nitrogens with one attached hydrogen (secondary N) is 1. The summed E-state index contributed by atoms with van der Waals surface area (Å²) >= 11 is 0. The van der Waals surface area contributed by atoms with E-state index < -0.39 is 12.1 Å². The van der Waals surface area contributed by atoms with Gasteiger partial charge in [0.05, 0.1) is 25.4 Å². The Morgan fingerprint density at radius 3 is 0.897 bits per heavy atom. The van der Waals surface area contributed by atoms with E-state index in [9.17, 15) is 19.8 Å². The predicted molar refractivity (Wildman–Crippen MR) is 297 cm³/mol. The summed E-state index contributed by atoms with van der Waals surface area (Å²) < 4.78 is 5.50. The van der Waals surface area contributed by atoms with Crippen LogP contribution >= 0.6 is 0 Å². The zero-order valence-electron chi connectivity index (χ0n) is 46.4. The Hall–Kier alpha value is -1.14. The van der Waals surface area contributed by atoms with Crippen LogP contribution in [0.1, 0.15) is 361 Å². The molecule has 1 amide bonds. The van der Waals surface area contributed by atoms with Crippen molar-refractivity contribution in [2.24, 2.45) is 0 Å². The van der Waals surface area contributed by atoms with Crippen molar-refractivity contribution >= 4 is 11.9 Å². The first-order valence-electron chi connectivity index (χ1n) is 31.3. The van der Waals surface area contributed by atoms with E-state index in [0.29, 0.717) is 25.9 Å². The number of carbonyl (C=O) groups excluding carboxylic acids is 2. The van der Waals surface area contributed by atoms with Crippen LogP contribution in [0.4, 0.5) is 0 Å². The Kier molecular flexibility index (Phi) is 57.5. The summed E-state index contributed by atoms with van der Waals surface area (Å²) in [5, 5.41) is 23.2. The van der Waals surface area contributed by atoms with Crippen LogP contribution < -0.4 is 5.32 Å². The minimum Gasteiger partial charge on any atom is -0.466 e. The van der Waals surface area contributed by atoms with Crippen molar-refractivity contribution in [1.82, 2.24) is 5.32 Å². The van der Waals surface area contributed by atoms with E-state index >= 15 is 0 Å². The Bertz CT molecular complexity index is 975. The maximum Gasteiger partial charge on any atom is 0.305 e. The molecule has 0 aliphatic heterocycles. The van der Waals surface area contributed by atoms with Gasteiger partial charge >= 0.3 is 5.97 Å². The van der Waals surface area contributed by atoms with Gasteiger partial charge in [-0.3, -0.25) is 9.59 Å². The number of esters is 1. The molecule has 3 N–H and O–H groups in total. The average molecular weight is 963 g/mol. The van der Waals surface area contributed by atoms with Crippen molar-refractivity contribution in [2.75, 3.05) is 13.2 Å². The molecule has 0 radical (unpaired) electrons. The normalized spacial score (nSPS) is 12.5. The Balaban J connectivity index is 3.35. The van der Waals surface area contributed by atoms with E-state index in [2.05, 4.69) is 19.2 Å². The molecule has 406 valence electrons. The zero-order chi connectivity index (χ0) is 49.3. The molecule has 0 aliphatic carbocycles. The van der Waals surface area contributed by atoms with Crippen molar-refractivity contribution in [1.29, 1.82) is 0 Å². The van der Waals surface area contributed by atoms with Gasteiger partial charge in [-0.05, 0) is 25.7 Å². The highest BCUT2D eigenvalue weighted by Crippen LogP contribution is 2.19. The molecule has 2 unspecified atom stereocenters. The van der Waals surface area contributed by atoms with Crippen molar-refractivity contribution in [3.63, 3.8) is 0 Å². The summed E-state index contributed by atoms with van der Waals surface area (Å²) in [6.07, 6.45) is 68.3. The maximum absolute atomic E-state index is 12.5. The minimum absolute atomic E-state index is 0.0149. The van der Waals surface area contributed by atoms with Gasteiger partial charge in [-0.15, -0.1) is 0 Å². The minimum atomic E-state index is -0.664. The molecule has 0 fully saturated rings. The number of aliphatic hydroxyl groups excluding tert-OH is 2. The summed E-state index contributed by atoms with van der Waals surface area (Å²) in [5.41, 5.74) is 0. The third kappa shape index (κ3) is 54.2. The number of ether oxygens (including phenoxy) is 1. The molecule has 0 spiro atoms. The van der Waals surface area contributed by atoms with Crippen LogP contribution in [0.15, 0.2) is 0 Å². The van der Waals surface area contributed by atoms with Crippen LogP contribution in [-0.4, -0.2) is 47.4 Å². The van der Waals surface area contributed by atoms with Gasteiger partial charge in [-0.2, -0.15) is 0 Å². The van der Waals surface area contributed by atoms with Gasteiger partial charge in [0.15, 0.2) is 0 Å². The van der Waals surface area contributed by atoms with Gasteiger partial charge in [-0.25, -0.2) is 0 Å². The summed E-state index contributed by atoms with van der Waals surface area (Å²) in [5.74, 6) is -0.0206. The van der Waals surface area contributed by atoms with Gasteiger partial charge in [-0.1, -0.05) is 322 Å². The first-order valence-corrected chi connectivity index (χ1v) is 31.3. The SMILES string of the molecule is CCCCCCCCCCCCCCCCCCCCCC(=O)OCCCCCCCCCCCCCCCCCCCCCC(=O)NC(CO)C(O)CCCCCCCCCCCCCCC. The van der Waals surface area contributed by atoms with Crippen LogP contribution in [0.25, 0.3) is 0 Å². The summed E-state index contributed by atoms with van der Waals surface area (Å²) in [7, 11) is 0. The molecular weight excluding hydrogens is 839 g/mol. The number of carbonyl (C=O) groups is 2. The van der Waals surface area contributed by atoms with Crippen LogP contribution in [0.3, 0.4) is 0 Å². The second kappa shape index (κ2) is 58.4. The first kappa shape index (κ1) is 66.9. The van der Waals surface area contributed by atoms with Gasteiger partial charge in [0, 0.05) is 12.8 Å². The molecule has 6 heteroatoms. The van der Waals surface area contributed by atoms with Crippen LogP contribution in [0.5, 0.6) is 0 Å². The molecular formula is C62H123NO5. The monoisotopic (exact) mass is 962 g/mol. The standard InChI is InChI=1S/C62H123NO5/c1-3-5-7-9-11-13-15-17-18-19-21-25-28-32-36-40-44-48-52-56-62(67)68-57-53-49-45-41-37-33-29-26-23-20-22-24-27-31-35-39-43-47-51-55-61(66)63-59(58-64)60(65)54-50-46-42-38-34-30-16-14-12-10-8-6-4-2/h59-60,64-65H,3-58H2,1-2H3,(H,63,66). The molecule has 0 aliphatic rings. The van der Waals surface area contributed by atoms with Gasteiger partial charge in [0.1, 0.15) is 0 Å². The van der Waals surface area contributed by atoms with Crippen molar-refractivity contribution < 1.29 is 24.5 Å². The average Bonchev–Trinajstić information content (AvgIpc) is 3.34. The molecule has 0 saturated heterocycles. The fourth-order valence-electron chi connectivity index (χ4n) is 10.1. The Labute approximate surface area is 426 Å². The van der Waals surface area contributed by atoms with Crippen LogP contribution in [0, 0.1) is 0 Å². The van der Waals surface area contributed by atoms with E-state index in [0.717, 1.165) is 38.5 Å². The number of rotatable bonds is 59.